The molecular formula is C11H20N2O2. The molecule has 2 saturated heterocycles. The molecule has 2 atom stereocenters. The Morgan fingerprint density at radius 3 is 2.40 bits per heavy atom. The van der Waals surface area contributed by atoms with Crippen LogP contribution in [-0.2, 0) is 4.79 Å². The maximum Gasteiger partial charge on any atom is 0.324 e. The van der Waals surface area contributed by atoms with Gasteiger partial charge in [0.15, 0.2) is 0 Å². The van der Waals surface area contributed by atoms with Gasteiger partial charge in [-0.25, -0.2) is 0 Å². The summed E-state index contributed by atoms with van der Waals surface area (Å²) in [5.41, 5.74) is -0.660. The van der Waals surface area contributed by atoms with Crippen molar-refractivity contribution in [3.63, 3.8) is 0 Å². The minimum Gasteiger partial charge on any atom is -0.480 e. The number of nitrogens with zero attached hydrogens (tertiary/aromatic N) is 1. The average Bonchev–Trinajstić information content (AvgIpc) is 2.43. The lowest BCUT2D eigenvalue weighted by atomic mass is 9.83. The Morgan fingerprint density at radius 2 is 2.00 bits per heavy atom. The van der Waals surface area contributed by atoms with Crippen molar-refractivity contribution in [2.24, 2.45) is 0 Å². The second-order valence-electron chi connectivity index (χ2n) is 4.88. The van der Waals surface area contributed by atoms with Gasteiger partial charge in [0.2, 0.25) is 0 Å². The van der Waals surface area contributed by atoms with E-state index in [2.05, 4.69) is 17.3 Å². The molecule has 0 aromatic rings. The number of carboxylic acids is 1. The number of rotatable bonds is 3. The largest absolute Gasteiger partial charge is 0.480 e. The third-order valence-electron chi connectivity index (χ3n) is 4.08. The van der Waals surface area contributed by atoms with Crippen LogP contribution in [0.1, 0.15) is 32.6 Å². The van der Waals surface area contributed by atoms with E-state index in [0.717, 1.165) is 32.2 Å². The summed E-state index contributed by atoms with van der Waals surface area (Å²) in [6.07, 6.45) is 3.82. The zero-order valence-electron chi connectivity index (χ0n) is 9.49. The van der Waals surface area contributed by atoms with Crippen molar-refractivity contribution in [3.05, 3.63) is 0 Å². The van der Waals surface area contributed by atoms with E-state index >= 15 is 0 Å². The summed E-state index contributed by atoms with van der Waals surface area (Å²) in [7, 11) is 2.13. The smallest absolute Gasteiger partial charge is 0.324 e. The van der Waals surface area contributed by atoms with Crippen LogP contribution in [0, 0.1) is 0 Å². The maximum atomic E-state index is 11.4. The molecule has 15 heavy (non-hydrogen) atoms. The lowest BCUT2D eigenvalue weighted by Gasteiger charge is -2.43. The Labute approximate surface area is 90.6 Å². The minimum absolute atomic E-state index is 0.457. The van der Waals surface area contributed by atoms with Gasteiger partial charge in [-0.1, -0.05) is 6.92 Å². The monoisotopic (exact) mass is 212 g/mol. The van der Waals surface area contributed by atoms with Crippen LogP contribution in [0.3, 0.4) is 0 Å². The molecule has 2 aliphatic heterocycles. The summed E-state index contributed by atoms with van der Waals surface area (Å²) in [6, 6.07) is 0.915. The standard InChI is InChI=1S/C11H20N2O2/c1-3-12-11(10(14)15)6-8-4-5-9(7-11)13(8)2/h8-9,12H,3-7H2,1-2H3,(H,14,15). The second kappa shape index (κ2) is 3.76. The van der Waals surface area contributed by atoms with Gasteiger partial charge >= 0.3 is 5.97 Å². The van der Waals surface area contributed by atoms with Gasteiger partial charge < -0.3 is 15.3 Å². The summed E-state index contributed by atoms with van der Waals surface area (Å²) in [5, 5.41) is 12.6. The van der Waals surface area contributed by atoms with Crippen LogP contribution in [0.15, 0.2) is 0 Å². The Hall–Kier alpha value is -0.610. The number of fused-ring (bicyclic) bond motifs is 2. The molecule has 2 aliphatic rings. The third kappa shape index (κ3) is 1.66. The zero-order chi connectivity index (χ0) is 11.1. The molecule has 2 unspecified atom stereocenters. The number of carboxylic acid groups (broad SMARTS) is 1. The van der Waals surface area contributed by atoms with Crippen LogP contribution in [0.25, 0.3) is 0 Å². The maximum absolute atomic E-state index is 11.4. The van der Waals surface area contributed by atoms with Gasteiger partial charge in [-0.3, -0.25) is 4.79 Å². The predicted molar refractivity (Wildman–Crippen MR) is 57.9 cm³/mol. The molecule has 0 amide bonds. The molecule has 2 N–H and O–H groups in total. The first kappa shape index (κ1) is 10.9. The quantitative estimate of drug-likeness (QED) is 0.722. The summed E-state index contributed by atoms with van der Waals surface area (Å²) in [5.74, 6) is -0.672. The highest BCUT2D eigenvalue weighted by molar-refractivity contribution is 5.79. The Morgan fingerprint density at radius 1 is 1.47 bits per heavy atom. The lowest BCUT2D eigenvalue weighted by Crippen LogP contribution is -2.61. The molecule has 0 aromatic carbocycles. The molecular weight excluding hydrogens is 192 g/mol. The van der Waals surface area contributed by atoms with Gasteiger partial charge in [-0.2, -0.15) is 0 Å². The lowest BCUT2D eigenvalue weighted by molar-refractivity contribution is -0.148. The summed E-state index contributed by atoms with van der Waals surface area (Å²) < 4.78 is 0. The number of nitrogens with one attached hydrogen (secondary N) is 1. The van der Waals surface area contributed by atoms with E-state index in [1.165, 1.54) is 0 Å². The zero-order valence-corrected chi connectivity index (χ0v) is 9.49. The second-order valence-corrected chi connectivity index (χ2v) is 4.88. The van der Waals surface area contributed by atoms with Crippen LogP contribution in [0.5, 0.6) is 0 Å². The van der Waals surface area contributed by atoms with Crippen LogP contribution >= 0.6 is 0 Å². The van der Waals surface area contributed by atoms with Gasteiger partial charge in [0.25, 0.3) is 0 Å². The minimum atomic E-state index is -0.672. The summed E-state index contributed by atoms with van der Waals surface area (Å²) >= 11 is 0. The topological polar surface area (TPSA) is 52.6 Å². The molecule has 0 spiro atoms. The molecule has 0 aromatic heterocycles. The van der Waals surface area contributed by atoms with Crippen molar-refractivity contribution >= 4 is 5.97 Å². The fraction of sp³-hybridized carbons (Fsp3) is 0.909. The molecule has 86 valence electrons. The van der Waals surface area contributed by atoms with Crippen LogP contribution in [0.4, 0.5) is 0 Å². The van der Waals surface area contributed by atoms with E-state index in [-0.39, 0.29) is 0 Å². The first-order valence-electron chi connectivity index (χ1n) is 5.79. The molecule has 2 rings (SSSR count). The van der Waals surface area contributed by atoms with Crippen LogP contribution < -0.4 is 5.32 Å². The van der Waals surface area contributed by atoms with Crippen molar-refractivity contribution in [1.82, 2.24) is 10.2 Å². The molecule has 0 saturated carbocycles. The van der Waals surface area contributed by atoms with Gasteiger partial charge in [0.05, 0.1) is 0 Å². The molecule has 2 heterocycles. The first-order valence-corrected chi connectivity index (χ1v) is 5.79. The van der Waals surface area contributed by atoms with Crippen LogP contribution in [0.2, 0.25) is 0 Å². The number of piperidine rings is 1. The fourth-order valence-electron chi connectivity index (χ4n) is 3.20. The van der Waals surface area contributed by atoms with E-state index in [1.54, 1.807) is 0 Å². The predicted octanol–water partition coefficient (Wildman–Crippen LogP) is 0.676. The Bertz CT molecular complexity index is 253. The normalized spacial score (nSPS) is 40.7. The van der Waals surface area contributed by atoms with E-state index in [1.807, 2.05) is 6.92 Å². The number of carbonyl (C=O) groups is 1. The highest BCUT2D eigenvalue weighted by atomic mass is 16.4. The van der Waals surface area contributed by atoms with Gasteiger partial charge in [0.1, 0.15) is 5.54 Å². The third-order valence-corrected chi connectivity index (χ3v) is 4.08. The molecule has 2 fully saturated rings. The van der Waals surface area contributed by atoms with Crippen LogP contribution in [-0.4, -0.2) is 47.2 Å². The number of likely N-dealkylation sites (N-methyl/N-ethyl adjacent to an activating group) is 1. The Kier molecular flexibility index (Phi) is 2.73. The van der Waals surface area contributed by atoms with E-state index in [0.29, 0.717) is 12.1 Å². The average molecular weight is 212 g/mol. The van der Waals surface area contributed by atoms with Gasteiger partial charge in [-0.15, -0.1) is 0 Å². The molecule has 0 radical (unpaired) electrons. The van der Waals surface area contributed by atoms with Gasteiger partial charge in [-0.05, 0) is 39.3 Å². The highest BCUT2D eigenvalue weighted by Crippen LogP contribution is 2.39. The van der Waals surface area contributed by atoms with Gasteiger partial charge in [0, 0.05) is 12.1 Å². The van der Waals surface area contributed by atoms with E-state index in [9.17, 15) is 9.90 Å². The molecule has 4 nitrogen and oxygen atoms in total. The van der Waals surface area contributed by atoms with Crippen molar-refractivity contribution in [1.29, 1.82) is 0 Å². The van der Waals surface area contributed by atoms with Crippen molar-refractivity contribution < 1.29 is 9.90 Å². The molecule has 0 aliphatic carbocycles. The number of hydrogen-bond donors (Lipinski definition) is 2. The highest BCUT2D eigenvalue weighted by Gasteiger charge is 2.50. The number of hydrogen-bond acceptors (Lipinski definition) is 3. The SMILES string of the molecule is CCNC1(C(=O)O)CC2CCC(C1)N2C. The molecule has 4 heteroatoms. The first-order chi connectivity index (χ1) is 7.09. The fourth-order valence-corrected chi connectivity index (χ4v) is 3.20. The van der Waals surface area contributed by atoms with Crippen molar-refractivity contribution in [2.75, 3.05) is 13.6 Å². The Balaban J connectivity index is 2.19. The van der Waals surface area contributed by atoms with E-state index in [4.69, 9.17) is 0 Å². The molecule has 2 bridgehead atoms. The van der Waals surface area contributed by atoms with Crippen molar-refractivity contribution in [3.8, 4) is 0 Å². The number of aliphatic carboxylic acids is 1. The summed E-state index contributed by atoms with van der Waals surface area (Å²) in [4.78, 5) is 13.8. The van der Waals surface area contributed by atoms with E-state index < -0.39 is 11.5 Å². The van der Waals surface area contributed by atoms with Crippen molar-refractivity contribution in [2.45, 2.75) is 50.2 Å². The summed E-state index contributed by atoms with van der Waals surface area (Å²) in [6.45, 7) is 2.71.